The first-order valence-corrected chi connectivity index (χ1v) is 8.96. The lowest BCUT2D eigenvalue weighted by Crippen LogP contribution is -2.50. The normalized spacial score (nSPS) is 14.4. The van der Waals surface area contributed by atoms with Crippen molar-refractivity contribution in [2.75, 3.05) is 12.9 Å². The van der Waals surface area contributed by atoms with Crippen LogP contribution in [0.15, 0.2) is 24.4 Å². The van der Waals surface area contributed by atoms with E-state index >= 15 is 0 Å². The van der Waals surface area contributed by atoms with E-state index in [-0.39, 0.29) is 0 Å². The number of rotatable bonds is 6. The topological polar surface area (TPSA) is 75.0 Å². The Balaban J connectivity index is 2.25. The summed E-state index contributed by atoms with van der Waals surface area (Å²) in [5, 5.41) is 12.3. The predicted molar refractivity (Wildman–Crippen MR) is 97.3 cm³/mol. The van der Waals surface area contributed by atoms with Crippen LogP contribution in [-0.4, -0.2) is 34.8 Å². The van der Waals surface area contributed by atoms with Crippen molar-refractivity contribution in [3.63, 3.8) is 0 Å². The van der Waals surface area contributed by atoms with Gasteiger partial charge in [-0.15, -0.1) is 11.8 Å². The summed E-state index contributed by atoms with van der Waals surface area (Å²) in [6.07, 6.45) is 3.51. The van der Waals surface area contributed by atoms with Gasteiger partial charge in [0, 0.05) is 11.6 Å². The molecule has 2 aromatic rings. The molecule has 1 aromatic heterocycles. The zero-order valence-electron chi connectivity index (χ0n) is 14.6. The summed E-state index contributed by atoms with van der Waals surface area (Å²) in [5.74, 6) is -0.0277. The lowest BCUT2D eigenvalue weighted by Gasteiger charge is -2.23. The van der Waals surface area contributed by atoms with Crippen LogP contribution in [0, 0.1) is 25.2 Å². The fourth-order valence-corrected chi connectivity index (χ4v) is 2.81. The second-order valence-electron chi connectivity index (χ2n) is 6.08. The first kappa shape index (κ1) is 19.0. The molecule has 132 valence electrons. The summed E-state index contributed by atoms with van der Waals surface area (Å²) in [4.78, 5) is 16.7. The SMILES string of the molecule is CSC(Oc1cc(C)c2ncc(C)cc2c1)C(=O)NC(C)(C#N)CF. The molecule has 7 heteroatoms. The van der Waals surface area contributed by atoms with E-state index in [0.717, 1.165) is 22.0 Å². The highest BCUT2D eigenvalue weighted by Gasteiger charge is 2.30. The number of fused-ring (bicyclic) bond motifs is 1. The Morgan fingerprint density at radius 2 is 2.20 bits per heavy atom. The number of hydrogen-bond acceptors (Lipinski definition) is 5. The number of carbonyl (C=O) groups is 1. The number of aryl methyl sites for hydroxylation is 2. The van der Waals surface area contributed by atoms with E-state index in [4.69, 9.17) is 10.00 Å². The van der Waals surface area contributed by atoms with Crippen LogP contribution in [-0.2, 0) is 4.79 Å². The zero-order chi connectivity index (χ0) is 18.6. The van der Waals surface area contributed by atoms with Crippen LogP contribution in [0.2, 0.25) is 0 Å². The summed E-state index contributed by atoms with van der Waals surface area (Å²) < 4.78 is 18.8. The maximum atomic E-state index is 13.0. The number of nitriles is 1. The molecule has 1 aromatic carbocycles. The highest BCUT2D eigenvalue weighted by Crippen LogP contribution is 2.26. The predicted octanol–water partition coefficient (Wildman–Crippen LogP) is 3.29. The Hall–Kier alpha value is -2.33. The Kier molecular flexibility index (Phi) is 5.85. The number of nitrogens with one attached hydrogen (secondary N) is 1. The molecular weight excluding hydrogens is 341 g/mol. The van der Waals surface area contributed by atoms with E-state index < -0.39 is 23.6 Å². The minimum atomic E-state index is -1.56. The molecule has 0 aliphatic heterocycles. The second kappa shape index (κ2) is 7.70. The number of ether oxygens (including phenoxy) is 1. The highest BCUT2D eigenvalue weighted by molar-refractivity contribution is 7.99. The van der Waals surface area contributed by atoms with Crippen molar-refractivity contribution in [3.8, 4) is 11.8 Å². The first-order valence-electron chi connectivity index (χ1n) is 7.67. The second-order valence-corrected chi connectivity index (χ2v) is 6.98. The van der Waals surface area contributed by atoms with Gasteiger partial charge in [0.05, 0.1) is 11.6 Å². The number of halogens is 1. The van der Waals surface area contributed by atoms with Crippen LogP contribution in [0.25, 0.3) is 10.9 Å². The Morgan fingerprint density at radius 3 is 2.80 bits per heavy atom. The lowest BCUT2D eigenvalue weighted by molar-refractivity contribution is -0.125. The molecule has 0 saturated heterocycles. The third-order valence-electron chi connectivity index (χ3n) is 3.67. The van der Waals surface area contributed by atoms with Crippen LogP contribution < -0.4 is 10.1 Å². The lowest BCUT2D eigenvalue weighted by atomic mass is 10.1. The molecule has 1 heterocycles. The van der Waals surface area contributed by atoms with Crippen molar-refractivity contribution in [2.45, 2.75) is 31.7 Å². The molecule has 0 aliphatic rings. The van der Waals surface area contributed by atoms with E-state index in [0.29, 0.717) is 5.75 Å². The fourth-order valence-electron chi connectivity index (χ4n) is 2.33. The van der Waals surface area contributed by atoms with Crippen LogP contribution >= 0.6 is 11.8 Å². The van der Waals surface area contributed by atoms with E-state index in [2.05, 4.69) is 10.3 Å². The number of thioether (sulfide) groups is 1. The average molecular weight is 361 g/mol. The maximum absolute atomic E-state index is 13.0. The van der Waals surface area contributed by atoms with Crippen molar-refractivity contribution in [1.29, 1.82) is 5.26 Å². The van der Waals surface area contributed by atoms with Crippen molar-refractivity contribution in [2.24, 2.45) is 0 Å². The maximum Gasteiger partial charge on any atom is 0.273 e. The van der Waals surface area contributed by atoms with Gasteiger partial charge in [-0.25, -0.2) is 4.39 Å². The van der Waals surface area contributed by atoms with E-state index in [1.807, 2.05) is 26.0 Å². The van der Waals surface area contributed by atoms with Gasteiger partial charge in [-0.2, -0.15) is 5.26 Å². The number of nitrogens with zero attached hydrogens (tertiary/aromatic N) is 2. The molecule has 0 bridgehead atoms. The smallest absolute Gasteiger partial charge is 0.273 e. The largest absolute Gasteiger partial charge is 0.470 e. The number of pyridine rings is 1. The molecule has 2 atom stereocenters. The Morgan fingerprint density at radius 1 is 1.48 bits per heavy atom. The summed E-state index contributed by atoms with van der Waals surface area (Å²) in [6.45, 7) is 4.22. The Bertz CT molecular complexity index is 837. The van der Waals surface area contributed by atoms with Gasteiger partial charge in [0.2, 0.25) is 5.44 Å². The molecule has 2 rings (SSSR count). The van der Waals surface area contributed by atoms with Crippen LogP contribution in [0.5, 0.6) is 5.75 Å². The first-order chi connectivity index (χ1) is 11.8. The third-order valence-corrected chi connectivity index (χ3v) is 4.41. The van der Waals surface area contributed by atoms with Gasteiger partial charge in [-0.05, 0) is 56.4 Å². The van der Waals surface area contributed by atoms with Gasteiger partial charge < -0.3 is 10.1 Å². The van der Waals surface area contributed by atoms with E-state index in [1.165, 1.54) is 18.7 Å². The van der Waals surface area contributed by atoms with Gasteiger partial charge in [-0.3, -0.25) is 9.78 Å². The monoisotopic (exact) mass is 361 g/mol. The van der Waals surface area contributed by atoms with Gasteiger partial charge in [0.15, 0.2) is 5.54 Å². The fraction of sp³-hybridized carbons (Fsp3) is 0.389. The van der Waals surface area contributed by atoms with Crippen molar-refractivity contribution in [1.82, 2.24) is 10.3 Å². The minimum absolute atomic E-state index is 0.519. The number of carbonyl (C=O) groups excluding carboxylic acids is 1. The summed E-state index contributed by atoms with van der Waals surface area (Å²) in [7, 11) is 0. The van der Waals surface area contributed by atoms with Crippen LogP contribution in [0.3, 0.4) is 0 Å². The molecule has 1 amide bonds. The van der Waals surface area contributed by atoms with E-state index in [1.54, 1.807) is 24.6 Å². The number of alkyl halides is 1. The van der Waals surface area contributed by atoms with Gasteiger partial charge in [0.1, 0.15) is 12.4 Å². The molecule has 0 spiro atoms. The number of amides is 1. The average Bonchev–Trinajstić information content (AvgIpc) is 2.58. The van der Waals surface area contributed by atoms with Crippen molar-refractivity contribution < 1.29 is 13.9 Å². The van der Waals surface area contributed by atoms with E-state index in [9.17, 15) is 9.18 Å². The Labute approximate surface area is 150 Å². The van der Waals surface area contributed by atoms with Gasteiger partial charge in [0.25, 0.3) is 5.91 Å². The molecular formula is C18H20FN3O2S. The van der Waals surface area contributed by atoms with Crippen molar-refractivity contribution >= 4 is 28.6 Å². The van der Waals surface area contributed by atoms with Crippen molar-refractivity contribution in [3.05, 3.63) is 35.5 Å². The molecule has 2 unspecified atom stereocenters. The number of hydrogen-bond donors (Lipinski definition) is 1. The molecule has 0 saturated carbocycles. The molecule has 0 radical (unpaired) electrons. The highest BCUT2D eigenvalue weighted by atomic mass is 32.2. The van der Waals surface area contributed by atoms with Gasteiger partial charge in [-0.1, -0.05) is 0 Å². The summed E-state index contributed by atoms with van der Waals surface area (Å²) >= 11 is 1.17. The zero-order valence-corrected chi connectivity index (χ0v) is 15.4. The van der Waals surface area contributed by atoms with Crippen LogP contribution in [0.4, 0.5) is 4.39 Å². The molecule has 5 nitrogen and oxygen atoms in total. The molecule has 1 N–H and O–H groups in total. The molecule has 25 heavy (non-hydrogen) atoms. The molecule has 0 aliphatic carbocycles. The summed E-state index contributed by atoms with van der Waals surface area (Å²) in [6, 6.07) is 7.38. The van der Waals surface area contributed by atoms with Crippen LogP contribution in [0.1, 0.15) is 18.1 Å². The molecule has 0 fully saturated rings. The third kappa shape index (κ3) is 4.40. The standard InChI is InChI=1S/C18H20FN3O2S/c1-11-5-13-7-14(6-12(2)15(13)21-8-11)24-17(25-4)16(23)22-18(3,9-19)10-20/h5-8,17H,9H2,1-4H3,(H,22,23). The quantitative estimate of drug-likeness (QED) is 0.799. The van der Waals surface area contributed by atoms with Gasteiger partial charge >= 0.3 is 0 Å². The number of aromatic nitrogens is 1. The minimum Gasteiger partial charge on any atom is -0.470 e. The summed E-state index contributed by atoms with van der Waals surface area (Å²) in [5.41, 5.74) is 0.370. The number of benzene rings is 1.